The van der Waals surface area contributed by atoms with Crippen molar-refractivity contribution in [1.29, 1.82) is 0 Å². The maximum Gasteiger partial charge on any atom is 0.142 e. The number of nitrogens with zero attached hydrogens (tertiary/aromatic N) is 4. The predicted molar refractivity (Wildman–Crippen MR) is 141 cm³/mol. The number of ether oxygens (including phenoxy) is 2. The van der Waals surface area contributed by atoms with E-state index in [1.54, 1.807) is 35.9 Å². The molecule has 0 amide bonds. The highest BCUT2D eigenvalue weighted by Crippen LogP contribution is 2.45. The van der Waals surface area contributed by atoms with Gasteiger partial charge in [-0.05, 0) is 54.3 Å². The van der Waals surface area contributed by atoms with E-state index in [1.165, 1.54) is 33.8 Å². The summed E-state index contributed by atoms with van der Waals surface area (Å²) in [7, 11) is 0. The van der Waals surface area contributed by atoms with Crippen LogP contribution in [0.5, 0.6) is 5.75 Å². The lowest BCUT2D eigenvalue weighted by Crippen LogP contribution is -2.12. The van der Waals surface area contributed by atoms with Crippen molar-refractivity contribution in [2.24, 2.45) is 0 Å². The second-order valence-electron chi connectivity index (χ2n) is 9.14. The fourth-order valence-corrected chi connectivity index (χ4v) is 6.25. The molecule has 7 rings (SSSR count). The highest BCUT2D eigenvalue weighted by Gasteiger charge is 2.30. The molecule has 7 nitrogen and oxygen atoms in total. The summed E-state index contributed by atoms with van der Waals surface area (Å²) >= 11 is 8.19. The van der Waals surface area contributed by atoms with Gasteiger partial charge in [0.1, 0.15) is 41.3 Å². The van der Waals surface area contributed by atoms with Gasteiger partial charge in [0, 0.05) is 21.8 Å². The van der Waals surface area contributed by atoms with Crippen LogP contribution in [0.3, 0.4) is 0 Å². The first-order valence-electron chi connectivity index (χ1n) is 12.0. The van der Waals surface area contributed by atoms with Gasteiger partial charge in [0.25, 0.3) is 0 Å². The number of hydrogen-bond donors (Lipinski definition) is 1. The van der Waals surface area contributed by atoms with E-state index < -0.39 is 0 Å². The Labute approximate surface area is 220 Å². The number of thiophene rings is 1. The zero-order valence-corrected chi connectivity index (χ0v) is 21.2. The third kappa shape index (κ3) is 4.33. The number of anilines is 2. The lowest BCUT2D eigenvalue weighted by Gasteiger charge is -2.16. The number of epoxide rings is 1. The van der Waals surface area contributed by atoms with E-state index in [9.17, 15) is 4.39 Å². The zero-order valence-electron chi connectivity index (χ0n) is 19.6. The molecule has 2 aromatic carbocycles. The van der Waals surface area contributed by atoms with Crippen LogP contribution in [0.25, 0.3) is 20.7 Å². The lowest BCUT2D eigenvalue weighted by atomic mass is 9.95. The molecule has 186 valence electrons. The third-order valence-electron chi connectivity index (χ3n) is 6.65. The van der Waals surface area contributed by atoms with Crippen molar-refractivity contribution in [1.82, 2.24) is 19.7 Å². The molecule has 1 saturated heterocycles. The van der Waals surface area contributed by atoms with Crippen molar-refractivity contribution >= 4 is 44.7 Å². The SMILES string of the molecule is Fc1cccc(COc2ccc(Nc3ncnc4sc5c(c34)CCc3c-5cnn3CC3CO3)cc2Cl)c1. The largest absolute Gasteiger partial charge is 0.487 e. The van der Waals surface area contributed by atoms with Gasteiger partial charge in [-0.3, -0.25) is 4.68 Å². The summed E-state index contributed by atoms with van der Waals surface area (Å²) < 4.78 is 26.7. The lowest BCUT2D eigenvalue weighted by molar-refractivity contribution is 0.306. The highest BCUT2D eigenvalue weighted by molar-refractivity contribution is 7.22. The van der Waals surface area contributed by atoms with Crippen molar-refractivity contribution in [2.75, 3.05) is 11.9 Å². The van der Waals surface area contributed by atoms with Gasteiger partial charge < -0.3 is 14.8 Å². The quantitative estimate of drug-likeness (QED) is 0.252. The molecule has 4 heterocycles. The maximum atomic E-state index is 13.4. The summed E-state index contributed by atoms with van der Waals surface area (Å²) in [5.74, 6) is 0.976. The van der Waals surface area contributed by atoms with Gasteiger partial charge in [-0.2, -0.15) is 5.10 Å². The molecule has 0 radical (unpaired) electrons. The van der Waals surface area contributed by atoms with E-state index in [0.29, 0.717) is 16.9 Å². The molecule has 1 atom stereocenters. The Balaban J connectivity index is 1.15. The number of benzene rings is 2. The molecule has 0 bridgehead atoms. The Morgan fingerprint density at radius 1 is 1.19 bits per heavy atom. The van der Waals surface area contributed by atoms with Crippen molar-refractivity contribution in [3.8, 4) is 16.2 Å². The van der Waals surface area contributed by atoms with Crippen molar-refractivity contribution in [3.05, 3.63) is 82.6 Å². The number of fused-ring (bicyclic) bond motifs is 5. The van der Waals surface area contributed by atoms with Crippen LogP contribution in [-0.4, -0.2) is 32.5 Å². The van der Waals surface area contributed by atoms with Crippen LogP contribution in [0.2, 0.25) is 5.02 Å². The van der Waals surface area contributed by atoms with Crippen LogP contribution in [0, 0.1) is 5.82 Å². The first-order chi connectivity index (χ1) is 18.1. The third-order valence-corrected chi connectivity index (χ3v) is 8.12. The Morgan fingerprint density at radius 2 is 2.11 bits per heavy atom. The summed E-state index contributed by atoms with van der Waals surface area (Å²) in [5, 5.41) is 9.56. The van der Waals surface area contributed by atoms with E-state index in [2.05, 4.69) is 25.1 Å². The minimum Gasteiger partial charge on any atom is -0.487 e. The van der Waals surface area contributed by atoms with Gasteiger partial charge in [-0.15, -0.1) is 11.3 Å². The van der Waals surface area contributed by atoms with Gasteiger partial charge in [0.05, 0.1) is 29.8 Å². The molecule has 3 aromatic heterocycles. The van der Waals surface area contributed by atoms with Gasteiger partial charge in [0.2, 0.25) is 0 Å². The Hall–Kier alpha value is -3.53. The predicted octanol–water partition coefficient (Wildman–Crippen LogP) is 6.17. The van der Waals surface area contributed by atoms with E-state index >= 15 is 0 Å². The molecular formula is C27H21ClFN5O2S. The fraction of sp³-hybridized carbons (Fsp3) is 0.222. The molecule has 2 aliphatic rings. The average molecular weight is 534 g/mol. The Morgan fingerprint density at radius 3 is 2.95 bits per heavy atom. The normalized spacial score (nSPS) is 15.9. The average Bonchev–Trinajstić information content (AvgIpc) is 3.48. The topological polar surface area (TPSA) is 77.4 Å². The number of halogens is 2. The van der Waals surface area contributed by atoms with Gasteiger partial charge in [0.15, 0.2) is 0 Å². The molecule has 1 aliphatic carbocycles. The summed E-state index contributed by atoms with van der Waals surface area (Å²) in [5.41, 5.74) is 5.21. The zero-order chi connectivity index (χ0) is 24.9. The van der Waals surface area contributed by atoms with E-state index in [0.717, 1.165) is 53.3 Å². The summed E-state index contributed by atoms with van der Waals surface area (Å²) in [6.45, 7) is 1.85. The van der Waals surface area contributed by atoms with Crippen LogP contribution in [-0.2, 0) is 30.7 Å². The molecule has 5 aromatic rings. The van der Waals surface area contributed by atoms with Crippen molar-refractivity contribution < 1.29 is 13.9 Å². The van der Waals surface area contributed by atoms with Gasteiger partial charge >= 0.3 is 0 Å². The first-order valence-corrected chi connectivity index (χ1v) is 13.2. The van der Waals surface area contributed by atoms with E-state index in [1.807, 2.05) is 18.3 Å². The number of nitrogens with one attached hydrogen (secondary N) is 1. The summed E-state index contributed by atoms with van der Waals surface area (Å²) in [6.07, 6.45) is 5.65. The van der Waals surface area contributed by atoms with Crippen LogP contribution in [0.15, 0.2) is 55.0 Å². The van der Waals surface area contributed by atoms with Crippen LogP contribution in [0.4, 0.5) is 15.9 Å². The van der Waals surface area contributed by atoms with Crippen molar-refractivity contribution in [2.45, 2.75) is 32.1 Å². The fourth-order valence-electron chi connectivity index (χ4n) is 4.79. The first kappa shape index (κ1) is 22.7. The smallest absolute Gasteiger partial charge is 0.142 e. The maximum absolute atomic E-state index is 13.4. The van der Waals surface area contributed by atoms with Crippen molar-refractivity contribution in [3.63, 3.8) is 0 Å². The molecule has 1 N–H and O–H groups in total. The molecule has 37 heavy (non-hydrogen) atoms. The molecule has 10 heteroatoms. The second kappa shape index (κ2) is 9.09. The number of aromatic nitrogens is 4. The summed E-state index contributed by atoms with van der Waals surface area (Å²) in [6, 6.07) is 11.8. The molecule has 1 aliphatic heterocycles. The van der Waals surface area contributed by atoms with Gasteiger partial charge in [-0.1, -0.05) is 23.7 Å². The van der Waals surface area contributed by atoms with Crippen LogP contribution >= 0.6 is 22.9 Å². The molecular weight excluding hydrogens is 513 g/mol. The van der Waals surface area contributed by atoms with E-state index in [-0.39, 0.29) is 12.4 Å². The Kier molecular flexibility index (Phi) is 5.57. The molecule has 0 spiro atoms. The minimum absolute atomic E-state index is 0.226. The van der Waals surface area contributed by atoms with Gasteiger partial charge in [-0.25, -0.2) is 14.4 Å². The number of aryl methyl sites for hydroxylation is 1. The second-order valence-corrected chi connectivity index (χ2v) is 10.5. The van der Waals surface area contributed by atoms with Crippen LogP contribution in [0.1, 0.15) is 16.8 Å². The number of rotatable bonds is 7. The molecule has 1 unspecified atom stereocenters. The molecule has 0 saturated carbocycles. The number of hydrogen-bond acceptors (Lipinski definition) is 7. The standard InChI is InChI=1S/C27H21ClFN5O2S/c28-21-9-17(4-7-23(21)36-12-15-2-1-3-16(29)8-15)33-26-24-19-5-6-22-20(10-32-34(22)11-18-13-35-18)25(19)37-27(24)31-14-30-26/h1-4,7-10,14,18H,5-6,11-13H2,(H,30,31,33). The van der Waals surface area contributed by atoms with E-state index in [4.69, 9.17) is 21.1 Å². The molecule has 1 fully saturated rings. The Bertz CT molecular complexity index is 1650. The van der Waals surface area contributed by atoms with Crippen LogP contribution < -0.4 is 10.1 Å². The minimum atomic E-state index is -0.295. The highest BCUT2D eigenvalue weighted by atomic mass is 35.5. The monoisotopic (exact) mass is 533 g/mol. The summed E-state index contributed by atoms with van der Waals surface area (Å²) in [4.78, 5) is 11.3.